The summed E-state index contributed by atoms with van der Waals surface area (Å²) in [6.07, 6.45) is 1.66. The van der Waals surface area contributed by atoms with Gasteiger partial charge < -0.3 is 4.74 Å². The molecule has 0 atom stereocenters. The zero-order chi connectivity index (χ0) is 12.1. The van der Waals surface area contributed by atoms with Crippen molar-refractivity contribution in [3.63, 3.8) is 0 Å². The Morgan fingerprint density at radius 3 is 2.65 bits per heavy atom. The molecule has 0 aliphatic rings. The summed E-state index contributed by atoms with van der Waals surface area (Å²) in [6, 6.07) is 9.59. The van der Waals surface area contributed by atoms with E-state index >= 15 is 0 Å². The van der Waals surface area contributed by atoms with Gasteiger partial charge in [-0.05, 0) is 23.8 Å². The molecule has 0 unspecified atom stereocenters. The molecule has 17 heavy (non-hydrogen) atoms. The van der Waals surface area contributed by atoms with E-state index in [0.29, 0.717) is 10.3 Å². The third kappa shape index (κ3) is 3.61. The summed E-state index contributed by atoms with van der Waals surface area (Å²) in [5.41, 5.74) is 1.19. The first-order valence-corrected chi connectivity index (χ1v) is 6.38. The van der Waals surface area contributed by atoms with Crippen molar-refractivity contribution in [1.82, 2.24) is 9.97 Å². The van der Waals surface area contributed by atoms with Gasteiger partial charge in [0.25, 0.3) is 0 Å². The lowest BCUT2D eigenvalue weighted by Crippen LogP contribution is -1.88. The van der Waals surface area contributed by atoms with E-state index < -0.39 is 0 Å². The second-order valence-corrected chi connectivity index (χ2v) is 4.63. The van der Waals surface area contributed by atoms with Crippen LogP contribution in [0.2, 0.25) is 5.15 Å². The molecule has 0 radical (unpaired) electrons. The zero-order valence-electron chi connectivity index (χ0n) is 9.26. The van der Waals surface area contributed by atoms with Crippen LogP contribution in [0.25, 0.3) is 0 Å². The van der Waals surface area contributed by atoms with Crippen molar-refractivity contribution in [3.05, 3.63) is 47.2 Å². The highest BCUT2D eigenvalue weighted by atomic mass is 35.5. The first-order chi connectivity index (χ1) is 8.28. The van der Waals surface area contributed by atoms with Gasteiger partial charge in [0.1, 0.15) is 10.9 Å². The predicted molar refractivity (Wildman–Crippen MR) is 69.6 cm³/mol. The Bertz CT molecular complexity index is 490. The van der Waals surface area contributed by atoms with Crippen molar-refractivity contribution in [2.24, 2.45) is 0 Å². The molecule has 2 aromatic rings. The SMILES string of the molecule is COc1ccc(CSc2nccc(Cl)n2)cc1. The molecule has 1 aromatic heterocycles. The third-order valence-electron chi connectivity index (χ3n) is 2.13. The highest BCUT2D eigenvalue weighted by molar-refractivity contribution is 7.98. The Morgan fingerprint density at radius 1 is 1.24 bits per heavy atom. The minimum atomic E-state index is 0.470. The lowest BCUT2D eigenvalue weighted by Gasteiger charge is -2.02. The van der Waals surface area contributed by atoms with E-state index in [9.17, 15) is 0 Å². The number of methoxy groups -OCH3 is 1. The second kappa shape index (κ2) is 5.89. The van der Waals surface area contributed by atoms with Crippen molar-refractivity contribution in [1.29, 1.82) is 0 Å². The molecule has 0 aliphatic carbocycles. The van der Waals surface area contributed by atoms with E-state index in [1.807, 2.05) is 24.3 Å². The van der Waals surface area contributed by atoms with E-state index in [1.54, 1.807) is 31.1 Å². The van der Waals surface area contributed by atoms with Crippen LogP contribution in [0.5, 0.6) is 5.75 Å². The van der Waals surface area contributed by atoms with Gasteiger partial charge in [0.15, 0.2) is 5.16 Å². The zero-order valence-corrected chi connectivity index (χ0v) is 10.8. The van der Waals surface area contributed by atoms with Gasteiger partial charge in [0.2, 0.25) is 0 Å². The van der Waals surface area contributed by atoms with E-state index in [1.165, 1.54) is 5.56 Å². The maximum Gasteiger partial charge on any atom is 0.189 e. The topological polar surface area (TPSA) is 35.0 Å². The largest absolute Gasteiger partial charge is 0.497 e. The first kappa shape index (κ1) is 12.2. The maximum atomic E-state index is 5.79. The minimum Gasteiger partial charge on any atom is -0.497 e. The van der Waals surface area contributed by atoms with E-state index in [2.05, 4.69) is 9.97 Å². The number of nitrogens with zero attached hydrogens (tertiary/aromatic N) is 2. The van der Waals surface area contributed by atoms with E-state index in [-0.39, 0.29) is 0 Å². The lowest BCUT2D eigenvalue weighted by atomic mass is 10.2. The molecule has 0 amide bonds. The Balaban J connectivity index is 1.97. The van der Waals surface area contributed by atoms with E-state index in [4.69, 9.17) is 16.3 Å². The summed E-state index contributed by atoms with van der Waals surface area (Å²) in [6.45, 7) is 0. The fourth-order valence-corrected chi connectivity index (χ4v) is 2.23. The monoisotopic (exact) mass is 266 g/mol. The van der Waals surface area contributed by atoms with Crippen LogP contribution in [0.4, 0.5) is 0 Å². The number of aromatic nitrogens is 2. The van der Waals surface area contributed by atoms with Crippen molar-refractivity contribution in [2.45, 2.75) is 10.9 Å². The number of halogens is 1. The van der Waals surface area contributed by atoms with Crippen molar-refractivity contribution in [3.8, 4) is 5.75 Å². The Hall–Kier alpha value is -1.26. The molecule has 0 saturated heterocycles. The molecule has 0 spiro atoms. The van der Waals surface area contributed by atoms with Gasteiger partial charge in [-0.25, -0.2) is 9.97 Å². The highest BCUT2D eigenvalue weighted by Gasteiger charge is 2.00. The van der Waals surface area contributed by atoms with Gasteiger partial charge in [0.05, 0.1) is 7.11 Å². The molecule has 0 N–H and O–H groups in total. The average molecular weight is 267 g/mol. The molecule has 0 saturated carbocycles. The number of hydrogen-bond donors (Lipinski definition) is 0. The molecule has 88 valence electrons. The van der Waals surface area contributed by atoms with E-state index in [0.717, 1.165) is 11.5 Å². The predicted octanol–water partition coefficient (Wildman–Crippen LogP) is 3.43. The quantitative estimate of drug-likeness (QED) is 0.482. The van der Waals surface area contributed by atoms with Crippen molar-refractivity contribution < 1.29 is 4.74 Å². The summed E-state index contributed by atoms with van der Waals surface area (Å²) in [4.78, 5) is 8.25. The number of ether oxygens (including phenoxy) is 1. The standard InChI is InChI=1S/C12H11ClN2OS/c1-16-10-4-2-9(3-5-10)8-17-12-14-7-6-11(13)15-12/h2-7H,8H2,1H3. The van der Waals surface area contributed by atoms with Gasteiger partial charge in [-0.2, -0.15) is 0 Å². The summed E-state index contributed by atoms with van der Waals surface area (Å²) >= 11 is 7.34. The lowest BCUT2D eigenvalue weighted by molar-refractivity contribution is 0.414. The number of thioether (sulfide) groups is 1. The summed E-state index contributed by atoms with van der Waals surface area (Å²) in [5, 5.41) is 1.16. The van der Waals surface area contributed by atoms with Gasteiger partial charge >= 0.3 is 0 Å². The fourth-order valence-electron chi connectivity index (χ4n) is 1.26. The Labute approximate surface area is 109 Å². The first-order valence-electron chi connectivity index (χ1n) is 5.02. The fraction of sp³-hybridized carbons (Fsp3) is 0.167. The van der Waals surface area contributed by atoms with Gasteiger partial charge in [-0.3, -0.25) is 0 Å². The molecule has 1 aromatic carbocycles. The summed E-state index contributed by atoms with van der Waals surface area (Å²) in [7, 11) is 1.66. The maximum absolute atomic E-state index is 5.79. The molecule has 5 heteroatoms. The van der Waals surface area contributed by atoms with Gasteiger partial charge in [0, 0.05) is 11.9 Å². The number of benzene rings is 1. The Morgan fingerprint density at radius 2 is 2.00 bits per heavy atom. The minimum absolute atomic E-state index is 0.470. The third-order valence-corrected chi connectivity index (χ3v) is 3.27. The van der Waals surface area contributed by atoms with Crippen LogP contribution in [0.3, 0.4) is 0 Å². The number of hydrogen-bond acceptors (Lipinski definition) is 4. The molecular weight excluding hydrogens is 256 g/mol. The van der Waals surface area contributed by atoms with Crippen molar-refractivity contribution >= 4 is 23.4 Å². The summed E-state index contributed by atoms with van der Waals surface area (Å²) in [5.74, 6) is 1.67. The van der Waals surface area contributed by atoms with Crippen molar-refractivity contribution in [2.75, 3.05) is 7.11 Å². The van der Waals surface area contributed by atoms with Crippen LogP contribution in [0, 0.1) is 0 Å². The van der Waals surface area contributed by atoms with Crippen LogP contribution < -0.4 is 4.74 Å². The van der Waals surface area contributed by atoms with Crippen LogP contribution in [0.15, 0.2) is 41.7 Å². The van der Waals surface area contributed by atoms with Crippen LogP contribution in [-0.2, 0) is 5.75 Å². The molecule has 1 heterocycles. The number of rotatable bonds is 4. The normalized spacial score (nSPS) is 10.2. The molecule has 0 aliphatic heterocycles. The Kier molecular flexibility index (Phi) is 4.23. The highest BCUT2D eigenvalue weighted by Crippen LogP contribution is 2.21. The average Bonchev–Trinajstić information content (AvgIpc) is 2.37. The molecule has 3 nitrogen and oxygen atoms in total. The molecular formula is C12H11ClN2OS. The van der Waals surface area contributed by atoms with Crippen LogP contribution in [-0.4, -0.2) is 17.1 Å². The second-order valence-electron chi connectivity index (χ2n) is 3.30. The molecule has 0 bridgehead atoms. The van der Waals surface area contributed by atoms with Crippen LogP contribution in [0.1, 0.15) is 5.56 Å². The van der Waals surface area contributed by atoms with Gasteiger partial charge in [-0.1, -0.05) is 35.5 Å². The molecule has 0 fully saturated rings. The smallest absolute Gasteiger partial charge is 0.189 e. The molecule has 2 rings (SSSR count). The van der Waals surface area contributed by atoms with Crippen LogP contribution >= 0.6 is 23.4 Å². The van der Waals surface area contributed by atoms with Gasteiger partial charge in [-0.15, -0.1) is 0 Å². The summed E-state index contributed by atoms with van der Waals surface area (Å²) < 4.78 is 5.10.